The molecule has 0 N–H and O–H groups in total. The topological polar surface area (TPSA) is 74.5 Å². The van der Waals surface area contributed by atoms with Gasteiger partial charge in [-0.3, -0.25) is 0 Å². The molecule has 3 aromatic rings. The SMILES string of the molecule is COc1cccc(-c2noc(COC(=O)c3cccc(C)c3)n2)c1. The molecule has 0 bridgehead atoms. The maximum atomic E-state index is 12.0. The summed E-state index contributed by atoms with van der Waals surface area (Å²) in [4.78, 5) is 16.2. The minimum atomic E-state index is -0.431. The molecule has 3 rings (SSSR count). The van der Waals surface area contributed by atoms with Gasteiger partial charge in [-0.05, 0) is 31.2 Å². The van der Waals surface area contributed by atoms with Gasteiger partial charge in [0.1, 0.15) is 5.75 Å². The van der Waals surface area contributed by atoms with E-state index in [0.29, 0.717) is 17.1 Å². The lowest BCUT2D eigenvalue weighted by atomic mass is 10.1. The van der Waals surface area contributed by atoms with Crippen LogP contribution in [0, 0.1) is 6.92 Å². The third-order valence-corrected chi connectivity index (χ3v) is 3.38. The van der Waals surface area contributed by atoms with Crippen LogP contribution in [0.25, 0.3) is 11.4 Å². The van der Waals surface area contributed by atoms with Crippen molar-refractivity contribution in [2.75, 3.05) is 7.11 Å². The highest BCUT2D eigenvalue weighted by atomic mass is 16.6. The largest absolute Gasteiger partial charge is 0.497 e. The standard InChI is InChI=1S/C18H16N2O4/c1-12-5-3-7-14(9-12)18(21)23-11-16-19-17(20-24-16)13-6-4-8-15(10-13)22-2/h3-10H,11H2,1-2H3. The Morgan fingerprint density at radius 1 is 1.17 bits per heavy atom. The third-order valence-electron chi connectivity index (χ3n) is 3.38. The zero-order chi connectivity index (χ0) is 16.9. The Morgan fingerprint density at radius 2 is 2.00 bits per heavy atom. The molecule has 0 aliphatic carbocycles. The summed E-state index contributed by atoms with van der Waals surface area (Å²) in [5.74, 6) is 0.911. The number of ether oxygens (including phenoxy) is 2. The van der Waals surface area contributed by atoms with Crippen LogP contribution in [0.5, 0.6) is 5.75 Å². The van der Waals surface area contributed by atoms with Gasteiger partial charge in [0.15, 0.2) is 6.61 Å². The molecular weight excluding hydrogens is 308 g/mol. The molecule has 0 spiro atoms. The molecule has 0 radical (unpaired) electrons. The summed E-state index contributed by atoms with van der Waals surface area (Å²) in [7, 11) is 1.59. The van der Waals surface area contributed by atoms with Crippen molar-refractivity contribution in [3.05, 3.63) is 65.5 Å². The summed E-state index contributed by atoms with van der Waals surface area (Å²) in [6.07, 6.45) is 0. The fraction of sp³-hybridized carbons (Fsp3) is 0.167. The van der Waals surface area contributed by atoms with Crippen LogP contribution in [0.1, 0.15) is 21.8 Å². The molecule has 0 fully saturated rings. The van der Waals surface area contributed by atoms with Crippen molar-refractivity contribution in [1.29, 1.82) is 0 Å². The van der Waals surface area contributed by atoms with E-state index in [1.165, 1.54) is 0 Å². The second-order valence-corrected chi connectivity index (χ2v) is 5.19. The molecule has 0 amide bonds. The van der Waals surface area contributed by atoms with Gasteiger partial charge in [-0.15, -0.1) is 0 Å². The molecule has 0 unspecified atom stereocenters. The number of benzene rings is 2. The first-order valence-electron chi connectivity index (χ1n) is 7.36. The molecule has 0 saturated carbocycles. The van der Waals surface area contributed by atoms with Crippen LogP contribution in [0.3, 0.4) is 0 Å². The van der Waals surface area contributed by atoms with E-state index < -0.39 is 5.97 Å². The number of carbonyl (C=O) groups is 1. The Balaban J connectivity index is 1.67. The fourth-order valence-electron chi connectivity index (χ4n) is 2.18. The smallest absolute Gasteiger partial charge is 0.338 e. The molecule has 1 heterocycles. The highest BCUT2D eigenvalue weighted by Crippen LogP contribution is 2.21. The normalized spacial score (nSPS) is 10.4. The van der Waals surface area contributed by atoms with E-state index in [2.05, 4.69) is 10.1 Å². The average Bonchev–Trinajstić information content (AvgIpc) is 3.09. The molecule has 2 aromatic carbocycles. The number of esters is 1. The van der Waals surface area contributed by atoms with Gasteiger partial charge < -0.3 is 14.0 Å². The first-order valence-corrected chi connectivity index (χ1v) is 7.36. The lowest BCUT2D eigenvalue weighted by molar-refractivity contribution is 0.0429. The molecule has 0 saturated heterocycles. The third kappa shape index (κ3) is 3.60. The van der Waals surface area contributed by atoms with Gasteiger partial charge in [0.05, 0.1) is 12.7 Å². The predicted octanol–water partition coefficient (Wildman–Crippen LogP) is 3.41. The van der Waals surface area contributed by atoms with Crippen LogP contribution < -0.4 is 4.74 Å². The van der Waals surface area contributed by atoms with Crippen molar-refractivity contribution in [3.63, 3.8) is 0 Å². The van der Waals surface area contributed by atoms with Crippen LogP contribution >= 0.6 is 0 Å². The van der Waals surface area contributed by atoms with Crippen molar-refractivity contribution >= 4 is 5.97 Å². The summed E-state index contributed by atoms with van der Waals surface area (Å²) < 4.78 is 15.5. The molecule has 6 nitrogen and oxygen atoms in total. The fourth-order valence-corrected chi connectivity index (χ4v) is 2.18. The summed E-state index contributed by atoms with van der Waals surface area (Å²) >= 11 is 0. The van der Waals surface area contributed by atoms with E-state index in [1.807, 2.05) is 31.2 Å². The van der Waals surface area contributed by atoms with E-state index in [4.69, 9.17) is 14.0 Å². The Hall–Kier alpha value is -3.15. The Morgan fingerprint density at radius 3 is 2.79 bits per heavy atom. The van der Waals surface area contributed by atoms with Crippen molar-refractivity contribution in [2.24, 2.45) is 0 Å². The van der Waals surface area contributed by atoms with Gasteiger partial charge in [0.2, 0.25) is 5.82 Å². The zero-order valence-electron chi connectivity index (χ0n) is 13.4. The minimum absolute atomic E-state index is 0.0796. The molecule has 0 atom stereocenters. The van der Waals surface area contributed by atoms with Crippen molar-refractivity contribution < 1.29 is 18.8 Å². The quantitative estimate of drug-likeness (QED) is 0.670. The molecule has 0 aliphatic heterocycles. The Bertz CT molecular complexity index is 857. The second-order valence-electron chi connectivity index (χ2n) is 5.19. The number of aryl methyl sites for hydroxylation is 1. The number of hydrogen-bond donors (Lipinski definition) is 0. The van der Waals surface area contributed by atoms with E-state index in [-0.39, 0.29) is 12.5 Å². The molecule has 122 valence electrons. The van der Waals surface area contributed by atoms with Crippen LogP contribution in [0.2, 0.25) is 0 Å². The monoisotopic (exact) mass is 324 g/mol. The number of aromatic nitrogens is 2. The predicted molar refractivity (Wildman–Crippen MR) is 86.6 cm³/mol. The number of hydrogen-bond acceptors (Lipinski definition) is 6. The Labute approximate surface area is 139 Å². The van der Waals surface area contributed by atoms with E-state index >= 15 is 0 Å². The summed E-state index contributed by atoms with van der Waals surface area (Å²) in [6, 6.07) is 14.5. The lowest BCUT2D eigenvalue weighted by Crippen LogP contribution is -2.05. The van der Waals surface area contributed by atoms with Crippen molar-refractivity contribution in [3.8, 4) is 17.1 Å². The van der Waals surface area contributed by atoms with Gasteiger partial charge >= 0.3 is 5.97 Å². The number of nitrogens with zero attached hydrogens (tertiary/aromatic N) is 2. The maximum absolute atomic E-state index is 12.0. The van der Waals surface area contributed by atoms with E-state index in [9.17, 15) is 4.79 Å². The molecule has 24 heavy (non-hydrogen) atoms. The van der Waals surface area contributed by atoms with Gasteiger partial charge in [0, 0.05) is 5.56 Å². The average molecular weight is 324 g/mol. The van der Waals surface area contributed by atoms with E-state index in [0.717, 1.165) is 11.1 Å². The molecular formula is C18H16N2O4. The number of rotatable bonds is 5. The molecule has 1 aromatic heterocycles. The maximum Gasteiger partial charge on any atom is 0.338 e. The first kappa shape index (κ1) is 15.7. The summed E-state index contributed by atoms with van der Waals surface area (Å²) in [5, 5.41) is 3.89. The summed E-state index contributed by atoms with van der Waals surface area (Å²) in [5.41, 5.74) is 2.24. The van der Waals surface area contributed by atoms with Crippen LogP contribution in [-0.2, 0) is 11.3 Å². The number of methoxy groups -OCH3 is 1. The number of carbonyl (C=O) groups excluding carboxylic acids is 1. The first-order chi connectivity index (χ1) is 11.7. The lowest BCUT2D eigenvalue weighted by Gasteiger charge is -2.02. The summed E-state index contributed by atoms with van der Waals surface area (Å²) in [6.45, 7) is 1.83. The highest BCUT2D eigenvalue weighted by molar-refractivity contribution is 5.89. The van der Waals surface area contributed by atoms with Gasteiger partial charge in [-0.2, -0.15) is 4.98 Å². The van der Waals surface area contributed by atoms with Gasteiger partial charge in [-0.1, -0.05) is 35.0 Å². The highest BCUT2D eigenvalue weighted by Gasteiger charge is 2.13. The molecule has 0 aliphatic rings. The van der Waals surface area contributed by atoms with Crippen LogP contribution in [-0.4, -0.2) is 23.2 Å². The van der Waals surface area contributed by atoms with Crippen molar-refractivity contribution in [1.82, 2.24) is 10.1 Å². The van der Waals surface area contributed by atoms with Crippen molar-refractivity contribution in [2.45, 2.75) is 13.5 Å². The zero-order valence-corrected chi connectivity index (χ0v) is 13.4. The van der Waals surface area contributed by atoms with Crippen LogP contribution in [0.15, 0.2) is 53.1 Å². The minimum Gasteiger partial charge on any atom is -0.497 e. The van der Waals surface area contributed by atoms with Gasteiger partial charge in [-0.25, -0.2) is 4.79 Å². The van der Waals surface area contributed by atoms with Crippen LogP contribution in [0.4, 0.5) is 0 Å². The van der Waals surface area contributed by atoms with E-state index in [1.54, 1.807) is 31.4 Å². The Kier molecular flexibility index (Phi) is 4.56. The molecule has 6 heteroatoms. The van der Waals surface area contributed by atoms with Gasteiger partial charge in [0.25, 0.3) is 5.89 Å². The second kappa shape index (κ2) is 6.95.